The number of nitrogens with zero attached hydrogens (tertiary/aromatic N) is 2. The molecule has 90 valence electrons. The van der Waals surface area contributed by atoms with Gasteiger partial charge < -0.3 is 4.74 Å². The Kier molecular flexibility index (Phi) is 3.17. The number of aromatic nitrogens is 3. The first-order valence-electron chi connectivity index (χ1n) is 5.80. The van der Waals surface area contributed by atoms with Gasteiger partial charge in [-0.2, -0.15) is 5.10 Å². The lowest BCUT2D eigenvalue weighted by Gasteiger charge is -2.35. The average Bonchev–Trinajstić information content (AvgIpc) is 2.62. The topological polar surface area (TPSA) is 42.8 Å². The molecule has 1 aliphatic heterocycles. The predicted octanol–water partition coefficient (Wildman–Crippen LogP) is 2.59. The number of hydrogen-bond donors (Lipinski definition) is 1. The van der Waals surface area contributed by atoms with Crippen LogP contribution in [0.2, 0.25) is 0 Å². The second-order valence-corrected chi connectivity index (χ2v) is 5.42. The van der Waals surface area contributed by atoms with Crippen molar-refractivity contribution in [3.05, 3.63) is 10.6 Å². The first kappa shape index (κ1) is 11.8. The molecule has 0 saturated carbocycles. The summed E-state index contributed by atoms with van der Waals surface area (Å²) >= 11 is 5.33. The van der Waals surface area contributed by atoms with Gasteiger partial charge in [0.05, 0.1) is 12.1 Å². The molecule has 0 radical (unpaired) electrons. The molecule has 2 rings (SSSR count). The molecule has 1 fully saturated rings. The Bertz CT molecular complexity index is 415. The summed E-state index contributed by atoms with van der Waals surface area (Å²) in [7, 11) is 0. The maximum atomic E-state index is 5.59. The van der Waals surface area contributed by atoms with E-state index in [1.54, 1.807) is 0 Å². The highest BCUT2D eigenvalue weighted by molar-refractivity contribution is 7.71. The number of aromatic amines is 1. The van der Waals surface area contributed by atoms with Crippen molar-refractivity contribution in [2.24, 2.45) is 0 Å². The van der Waals surface area contributed by atoms with Crippen molar-refractivity contribution in [2.45, 2.75) is 45.1 Å². The molecule has 0 bridgehead atoms. The first-order chi connectivity index (χ1) is 7.54. The summed E-state index contributed by atoms with van der Waals surface area (Å²) in [6.45, 7) is 8.05. The van der Waals surface area contributed by atoms with Crippen LogP contribution in [-0.2, 0) is 10.3 Å². The Labute approximate surface area is 101 Å². The van der Waals surface area contributed by atoms with E-state index in [1.807, 2.05) is 0 Å². The third-order valence-corrected chi connectivity index (χ3v) is 3.45. The van der Waals surface area contributed by atoms with Crippen LogP contribution in [0.1, 0.15) is 45.4 Å². The molecule has 1 aromatic heterocycles. The van der Waals surface area contributed by atoms with E-state index in [-0.39, 0.29) is 5.54 Å². The van der Waals surface area contributed by atoms with E-state index >= 15 is 0 Å². The minimum atomic E-state index is -0.0397. The molecule has 1 aliphatic rings. The maximum absolute atomic E-state index is 5.59. The van der Waals surface area contributed by atoms with Gasteiger partial charge in [-0.1, -0.05) is 13.8 Å². The molecular formula is C11H19N3OS. The van der Waals surface area contributed by atoms with Crippen molar-refractivity contribution in [1.29, 1.82) is 0 Å². The highest BCUT2D eigenvalue weighted by atomic mass is 32.1. The smallest absolute Gasteiger partial charge is 0.195 e. The molecule has 1 saturated heterocycles. The fourth-order valence-corrected chi connectivity index (χ4v) is 2.67. The number of rotatable bonds is 2. The summed E-state index contributed by atoms with van der Waals surface area (Å²) in [5, 5.41) is 7.23. The Hall–Kier alpha value is -0.680. The van der Waals surface area contributed by atoms with Gasteiger partial charge in [-0.05, 0) is 32.0 Å². The summed E-state index contributed by atoms with van der Waals surface area (Å²) in [6.07, 6.45) is 2.18. The summed E-state index contributed by atoms with van der Waals surface area (Å²) < 4.78 is 8.44. The molecule has 4 nitrogen and oxygen atoms in total. The molecule has 1 unspecified atom stereocenters. The summed E-state index contributed by atoms with van der Waals surface area (Å²) in [5.74, 6) is 1.39. The first-order valence-corrected chi connectivity index (χ1v) is 6.21. The van der Waals surface area contributed by atoms with Crippen molar-refractivity contribution < 1.29 is 4.74 Å². The van der Waals surface area contributed by atoms with Crippen LogP contribution >= 0.6 is 12.2 Å². The third-order valence-electron chi connectivity index (χ3n) is 3.17. The predicted molar refractivity (Wildman–Crippen MR) is 65.2 cm³/mol. The molecule has 0 aromatic carbocycles. The van der Waals surface area contributed by atoms with Gasteiger partial charge in [0.15, 0.2) is 4.77 Å². The van der Waals surface area contributed by atoms with Gasteiger partial charge in [0.1, 0.15) is 5.82 Å². The lowest BCUT2D eigenvalue weighted by atomic mass is 9.94. The van der Waals surface area contributed by atoms with Crippen LogP contribution in [0.3, 0.4) is 0 Å². The molecule has 1 atom stereocenters. The van der Waals surface area contributed by atoms with Crippen molar-refractivity contribution in [3.8, 4) is 0 Å². The molecule has 5 heteroatoms. The van der Waals surface area contributed by atoms with E-state index in [9.17, 15) is 0 Å². The van der Waals surface area contributed by atoms with Crippen molar-refractivity contribution in [3.63, 3.8) is 0 Å². The maximum Gasteiger partial charge on any atom is 0.195 e. The Morgan fingerprint density at radius 2 is 2.31 bits per heavy atom. The third kappa shape index (κ3) is 1.94. The van der Waals surface area contributed by atoms with Gasteiger partial charge in [0.25, 0.3) is 0 Å². The SMILES string of the molecule is CC(C)c1n[nH]c(=S)n1C1(C)CCCOC1. The van der Waals surface area contributed by atoms with Gasteiger partial charge >= 0.3 is 0 Å². The van der Waals surface area contributed by atoms with Crippen LogP contribution in [0.4, 0.5) is 0 Å². The molecule has 0 amide bonds. The van der Waals surface area contributed by atoms with Gasteiger partial charge in [0, 0.05) is 12.5 Å². The Balaban J connectivity index is 2.45. The normalized spacial score (nSPS) is 26.2. The fourth-order valence-electron chi connectivity index (χ4n) is 2.31. The zero-order valence-corrected chi connectivity index (χ0v) is 10.9. The van der Waals surface area contributed by atoms with Crippen LogP contribution in [0.15, 0.2) is 0 Å². The number of ether oxygens (including phenoxy) is 1. The van der Waals surface area contributed by atoms with Crippen molar-refractivity contribution >= 4 is 12.2 Å². The van der Waals surface area contributed by atoms with Crippen LogP contribution < -0.4 is 0 Å². The Morgan fingerprint density at radius 3 is 2.88 bits per heavy atom. The molecule has 1 N–H and O–H groups in total. The second-order valence-electron chi connectivity index (χ2n) is 5.03. The number of H-pyrrole nitrogens is 1. The largest absolute Gasteiger partial charge is 0.379 e. The summed E-state index contributed by atoms with van der Waals surface area (Å²) in [5.41, 5.74) is -0.0397. The second kappa shape index (κ2) is 4.30. The van der Waals surface area contributed by atoms with Gasteiger partial charge in [-0.3, -0.25) is 9.67 Å². The van der Waals surface area contributed by atoms with Crippen LogP contribution in [0.5, 0.6) is 0 Å². The lowest BCUT2D eigenvalue weighted by Crippen LogP contribution is -2.40. The molecule has 2 heterocycles. The minimum Gasteiger partial charge on any atom is -0.379 e. The van der Waals surface area contributed by atoms with E-state index in [0.717, 1.165) is 31.9 Å². The van der Waals surface area contributed by atoms with E-state index < -0.39 is 0 Å². The zero-order valence-electron chi connectivity index (χ0n) is 10.1. The Morgan fingerprint density at radius 1 is 1.56 bits per heavy atom. The monoisotopic (exact) mass is 241 g/mol. The minimum absolute atomic E-state index is 0.0397. The molecule has 1 aromatic rings. The number of hydrogen-bond acceptors (Lipinski definition) is 3. The van der Waals surface area contributed by atoms with Crippen molar-refractivity contribution in [1.82, 2.24) is 14.8 Å². The zero-order chi connectivity index (χ0) is 11.8. The highest BCUT2D eigenvalue weighted by Crippen LogP contribution is 2.30. The van der Waals surface area contributed by atoms with E-state index in [4.69, 9.17) is 17.0 Å². The van der Waals surface area contributed by atoms with Gasteiger partial charge in [-0.15, -0.1) is 0 Å². The van der Waals surface area contributed by atoms with Crippen LogP contribution in [0, 0.1) is 4.77 Å². The van der Waals surface area contributed by atoms with Crippen molar-refractivity contribution in [2.75, 3.05) is 13.2 Å². The van der Waals surface area contributed by atoms with Gasteiger partial charge in [-0.25, -0.2) is 0 Å². The molecule has 16 heavy (non-hydrogen) atoms. The van der Waals surface area contributed by atoms with Crippen LogP contribution in [-0.4, -0.2) is 28.0 Å². The fraction of sp³-hybridized carbons (Fsp3) is 0.818. The average molecular weight is 241 g/mol. The van der Waals surface area contributed by atoms with E-state index in [2.05, 4.69) is 35.5 Å². The summed E-state index contributed by atoms with van der Waals surface area (Å²) in [4.78, 5) is 0. The van der Waals surface area contributed by atoms with E-state index in [1.165, 1.54) is 0 Å². The quantitative estimate of drug-likeness (QED) is 0.809. The molecule has 0 aliphatic carbocycles. The highest BCUT2D eigenvalue weighted by Gasteiger charge is 2.33. The molecular weight excluding hydrogens is 222 g/mol. The lowest BCUT2D eigenvalue weighted by molar-refractivity contribution is 0.00710. The van der Waals surface area contributed by atoms with Gasteiger partial charge in [0.2, 0.25) is 0 Å². The molecule has 0 spiro atoms. The van der Waals surface area contributed by atoms with Crippen LogP contribution in [0.25, 0.3) is 0 Å². The van der Waals surface area contributed by atoms with E-state index in [0.29, 0.717) is 10.7 Å². The number of nitrogens with one attached hydrogen (secondary N) is 1. The summed E-state index contributed by atoms with van der Waals surface area (Å²) in [6, 6.07) is 0. The standard InChI is InChI=1S/C11H19N3OS/c1-8(2)9-12-13-10(16)14(9)11(3)5-4-6-15-7-11/h8H,4-7H2,1-3H3,(H,13,16).